The van der Waals surface area contributed by atoms with Crippen molar-refractivity contribution in [2.45, 2.75) is 0 Å². The summed E-state index contributed by atoms with van der Waals surface area (Å²) in [7, 11) is 0. The average Bonchev–Trinajstić information content (AvgIpc) is 2.08. The van der Waals surface area contributed by atoms with E-state index in [9.17, 15) is 8.78 Å². The van der Waals surface area contributed by atoms with Crippen LogP contribution < -0.4 is 4.74 Å². The van der Waals surface area contributed by atoms with Crippen molar-refractivity contribution >= 4 is 0 Å². The summed E-state index contributed by atoms with van der Waals surface area (Å²) in [6.07, 6.45) is 0. The second kappa shape index (κ2) is 3.92. The summed E-state index contributed by atoms with van der Waals surface area (Å²) < 4.78 is 35.5. The van der Waals surface area contributed by atoms with E-state index < -0.39 is 11.6 Å². The van der Waals surface area contributed by atoms with Crippen LogP contribution in [0, 0.1) is 17.6 Å². The lowest BCUT2D eigenvalue weighted by Gasteiger charge is -2.25. The van der Waals surface area contributed by atoms with E-state index in [2.05, 4.69) is 0 Å². The first kappa shape index (κ1) is 9.40. The normalized spacial score (nSPS) is 16.4. The van der Waals surface area contributed by atoms with E-state index in [1.165, 1.54) is 6.07 Å². The van der Waals surface area contributed by atoms with Crippen LogP contribution in [0.5, 0.6) is 5.75 Å². The summed E-state index contributed by atoms with van der Waals surface area (Å²) in [5, 5.41) is 0. The molecule has 0 unspecified atom stereocenters. The van der Waals surface area contributed by atoms with E-state index in [4.69, 9.17) is 9.47 Å². The Bertz CT molecular complexity index is 324. The molecule has 1 aromatic rings. The molecule has 0 N–H and O–H groups in total. The standard InChI is InChI=1S/C10H10F2O2/c11-9-2-1-8(3-10(9)12)14-6-7-4-13-5-7/h1-3,7H,4-6H2. The molecule has 2 rings (SSSR count). The van der Waals surface area contributed by atoms with E-state index in [0.717, 1.165) is 12.1 Å². The number of halogens is 2. The molecule has 1 aromatic carbocycles. The van der Waals surface area contributed by atoms with Gasteiger partial charge in [0.05, 0.1) is 19.8 Å². The molecule has 0 atom stereocenters. The third-order valence-corrected chi connectivity index (χ3v) is 2.08. The highest BCUT2D eigenvalue weighted by Gasteiger charge is 2.19. The van der Waals surface area contributed by atoms with Gasteiger partial charge in [0.15, 0.2) is 11.6 Å². The number of benzene rings is 1. The molecule has 0 saturated carbocycles. The van der Waals surface area contributed by atoms with Crippen molar-refractivity contribution in [3.8, 4) is 5.75 Å². The Morgan fingerprint density at radius 3 is 2.64 bits per heavy atom. The summed E-state index contributed by atoms with van der Waals surface area (Å²) in [4.78, 5) is 0. The molecule has 1 aliphatic heterocycles. The number of rotatable bonds is 3. The van der Waals surface area contributed by atoms with Crippen LogP contribution in [0.1, 0.15) is 0 Å². The zero-order chi connectivity index (χ0) is 9.97. The summed E-state index contributed by atoms with van der Waals surface area (Å²) in [6, 6.07) is 3.52. The minimum atomic E-state index is -0.882. The van der Waals surface area contributed by atoms with Crippen molar-refractivity contribution in [3.63, 3.8) is 0 Å². The van der Waals surface area contributed by atoms with Gasteiger partial charge in [-0.3, -0.25) is 0 Å². The number of hydrogen-bond donors (Lipinski definition) is 0. The number of ether oxygens (including phenoxy) is 2. The fourth-order valence-corrected chi connectivity index (χ4v) is 1.16. The maximum Gasteiger partial charge on any atom is 0.162 e. The van der Waals surface area contributed by atoms with Gasteiger partial charge in [-0.25, -0.2) is 8.78 Å². The maximum absolute atomic E-state index is 12.7. The van der Waals surface area contributed by atoms with Crippen molar-refractivity contribution in [1.82, 2.24) is 0 Å². The van der Waals surface area contributed by atoms with Crippen LogP contribution in [-0.4, -0.2) is 19.8 Å². The summed E-state index contributed by atoms with van der Waals surface area (Å²) >= 11 is 0. The van der Waals surface area contributed by atoms with E-state index in [0.29, 0.717) is 31.5 Å². The van der Waals surface area contributed by atoms with Gasteiger partial charge in [-0.2, -0.15) is 0 Å². The zero-order valence-electron chi connectivity index (χ0n) is 7.50. The lowest BCUT2D eigenvalue weighted by molar-refractivity contribution is -0.0508. The molecule has 0 radical (unpaired) electrons. The largest absolute Gasteiger partial charge is 0.493 e. The SMILES string of the molecule is Fc1ccc(OCC2COC2)cc1F. The highest BCUT2D eigenvalue weighted by Crippen LogP contribution is 2.17. The molecule has 4 heteroatoms. The molecule has 0 bridgehead atoms. The van der Waals surface area contributed by atoms with Gasteiger partial charge in [0, 0.05) is 12.0 Å². The molecule has 0 amide bonds. The topological polar surface area (TPSA) is 18.5 Å². The number of hydrogen-bond acceptors (Lipinski definition) is 2. The second-order valence-corrected chi connectivity index (χ2v) is 3.29. The molecule has 1 fully saturated rings. The molecule has 0 spiro atoms. The van der Waals surface area contributed by atoms with Crippen molar-refractivity contribution in [2.75, 3.05) is 19.8 Å². The molecule has 14 heavy (non-hydrogen) atoms. The summed E-state index contributed by atoms with van der Waals surface area (Å²) in [6.45, 7) is 1.86. The highest BCUT2D eigenvalue weighted by molar-refractivity contribution is 5.23. The van der Waals surface area contributed by atoms with Crippen molar-refractivity contribution in [1.29, 1.82) is 0 Å². The van der Waals surface area contributed by atoms with E-state index in [-0.39, 0.29) is 0 Å². The van der Waals surface area contributed by atoms with Crippen molar-refractivity contribution in [3.05, 3.63) is 29.8 Å². The van der Waals surface area contributed by atoms with Crippen molar-refractivity contribution in [2.24, 2.45) is 5.92 Å². The summed E-state index contributed by atoms with van der Waals surface area (Å²) in [5.41, 5.74) is 0. The van der Waals surface area contributed by atoms with Gasteiger partial charge in [-0.15, -0.1) is 0 Å². The first-order valence-corrected chi connectivity index (χ1v) is 4.41. The monoisotopic (exact) mass is 200 g/mol. The van der Waals surface area contributed by atoms with E-state index in [1.807, 2.05) is 0 Å². The Morgan fingerprint density at radius 1 is 1.29 bits per heavy atom. The van der Waals surface area contributed by atoms with Gasteiger partial charge < -0.3 is 9.47 Å². The van der Waals surface area contributed by atoms with Crippen LogP contribution in [0.3, 0.4) is 0 Å². The van der Waals surface area contributed by atoms with Crippen LogP contribution in [0.15, 0.2) is 18.2 Å². The third kappa shape index (κ3) is 2.01. The molecule has 1 saturated heterocycles. The molecule has 2 nitrogen and oxygen atoms in total. The zero-order valence-corrected chi connectivity index (χ0v) is 7.50. The molecule has 1 heterocycles. The van der Waals surface area contributed by atoms with Crippen molar-refractivity contribution < 1.29 is 18.3 Å². The fraction of sp³-hybridized carbons (Fsp3) is 0.400. The molecular formula is C10H10F2O2. The van der Waals surface area contributed by atoms with E-state index >= 15 is 0 Å². The van der Waals surface area contributed by atoms with Gasteiger partial charge in [0.2, 0.25) is 0 Å². The first-order chi connectivity index (χ1) is 6.75. The minimum Gasteiger partial charge on any atom is -0.493 e. The van der Waals surface area contributed by atoms with Crippen LogP contribution in [0.4, 0.5) is 8.78 Å². The Morgan fingerprint density at radius 2 is 2.07 bits per heavy atom. The highest BCUT2D eigenvalue weighted by atomic mass is 19.2. The molecular weight excluding hydrogens is 190 g/mol. The quantitative estimate of drug-likeness (QED) is 0.742. The smallest absolute Gasteiger partial charge is 0.162 e. The van der Waals surface area contributed by atoms with Gasteiger partial charge in [-0.05, 0) is 12.1 Å². The Kier molecular flexibility index (Phi) is 2.63. The predicted molar refractivity (Wildman–Crippen MR) is 46.2 cm³/mol. The Balaban J connectivity index is 1.91. The Hall–Kier alpha value is -1.16. The molecule has 0 aromatic heterocycles. The summed E-state index contributed by atoms with van der Waals surface area (Å²) in [5.74, 6) is -1.00. The lowest BCUT2D eigenvalue weighted by Crippen LogP contribution is -2.32. The molecule has 1 aliphatic rings. The molecule has 76 valence electrons. The average molecular weight is 200 g/mol. The Labute approximate surface area is 80.4 Å². The van der Waals surface area contributed by atoms with Crippen LogP contribution in [-0.2, 0) is 4.74 Å². The first-order valence-electron chi connectivity index (χ1n) is 4.41. The van der Waals surface area contributed by atoms with Gasteiger partial charge in [0.1, 0.15) is 5.75 Å². The fourth-order valence-electron chi connectivity index (χ4n) is 1.16. The van der Waals surface area contributed by atoms with Crippen LogP contribution >= 0.6 is 0 Å². The van der Waals surface area contributed by atoms with Gasteiger partial charge in [-0.1, -0.05) is 0 Å². The second-order valence-electron chi connectivity index (χ2n) is 3.29. The minimum absolute atomic E-state index is 0.357. The third-order valence-electron chi connectivity index (χ3n) is 2.08. The van der Waals surface area contributed by atoms with Gasteiger partial charge >= 0.3 is 0 Å². The van der Waals surface area contributed by atoms with E-state index in [1.54, 1.807) is 0 Å². The predicted octanol–water partition coefficient (Wildman–Crippen LogP) is 1.99. The van der Waals surface area contributed by atoms with Crippen LogP contribution in [0.2, 0.25) is 0 Å². The lowest BCUT2D eigenvalue weighted by atomic mass is 10.1. The molecule has 0 aliphatic carbocycles. The maximum atomic E-state index is 12.7. The van der Waals surface area contributed by atoms with Gasteiger partial charge in [0.25, 0.3) is 0 Å². The van der Waals surface area contributed by atoms with Crippen LogP contribution in [0.25, 0.3) is 0 Å².